The van der Waals surface area contributed by atoms with E-state index >= 15 is 0 Å². The zero-order valence-electron chi connectivity index (χ0n) is 9.26. The van der Waals surface area contributed by atoms with Crippen molar-refractivity contribution in [3.63, 3.8) is 0 Å². The standard InChI is InChI=1S/2C4H10N.2ClH.Zr/c2*1-4(2,3)5;;;/h2*5H,1-3H3;2*1H;/q2*-1;;;+4/p-2. The van der Waals surface area contributed by atoms with E-state index in [0.717, 1.165) is 0 Å². The third-order valence-corrected chi connectivity index (χ3v) is 0. The molecule has 5 heteroatoms. The van der Waals surface area contributed by atoms with Gasteiger partial charge in [0.2, 0.25) is 0 Å². The summed E-state index contributed by atoms with van der Waals surface area (Å²) in [4.78, 5) is 0. The van der Waals surface area contributed by atoms with Crippen molar-refractivity contribution in [2.24, 2.45) is 0 Å². The van der Waals surface area contributed by atoms with Gasteiger partial charge in [-0.25, -0.2) is 0 Å². The summed E-state index contributed by atoms with van der Waals surface area (Å²) in [6.07, 6.45) is 0. The van der Waals surface area contributed by atoms with Gasteiger partial charge in [-0.3, -0.25) is 0 Å². The fourth-order valence-electron chi connectivity index (χ4n) is 0. The molecular weight excluding hydrogens is 286 g/mol. The average molecular weight is 306 g/mol. The van der Waals surface area contributed by atoms with Crippen LogP contribution in [-0.2, 0) is 26.2 Å². The molecule has 0 aliphatic heterocycles. The molecule has 0 unspecified atom stereocenters. The first-order valence-corrected chi connectivity index (χ1v) is 3.50. The Hall–Kier alpha value is 1.38. The summed E-state index contributed by atoms with van der Waals surface area (Å²) in [7, 11) is 0. The molecule has 0 aromatic heterocycles. The third-order valence-electron chi connectivity index (χ3n) is 0. The van der Waals surface area contributed by atoms with Crippen molar-refractivity contribution in [3.05, 3.63) is 11.5 Å². The molecule has 0 aliphatic carbocycles. The van der Waals surface area contributed by atoms with E-state index < -0.39 is 0 Å². The molecule has 13 heavy (non-hydrogen) atoms. The van der Waals surface area contributed by atoms with Crippen molar-refractivity contribution >= 4 is 0 Å². The maximum Gasteiger partial charge on any atom is 4.00 e. The second kappa shape index (κ2) is 11.5. The Morgan fingerprint density at radius 1 is 0.615 bits per heavy atom. The molecule has 0 aromatic carbocycles. The van der Waals surface area contributed by atoms with E-state index in [2.05, 4.69) is 0 Å². The molecule has 0 saturated carbocycles. The minimum atomic E-state index is -0.250. The molecule has 0 atom stereocenters. The average Bonchev–Trinajstić information content (AvgIpc) is 1.12. The van der Waals surface area contributed by atoms with Gasteiger partial charge in [-0.1, -0.05) is 41.5 Å². The first kappa shape index (κ1) is 29.3. The second-order valence-corrected chi connectivity index (χ2v) is 4.50. The van der Waals surface area contributed by atoms with Crippen LogP contribution in [0.4, 0.5) is 0 Å². The molecule has 0 rings (SSSR count). The molecule has 2 nitrogen and oxygen atoms in total. The van der Waals surface area contributed by atoms with Crippen LogP contribution in [0.5, 0.6) is 0 Å². The van der Waals surface area contributed by atoms with Gasteiger partial charge >= 0.3 is 26.2 Å². The maximum atomic E-state index is 6.94. The largest absolute Gasteiger partial charge is 4.00 e. The van der Waals surface area contributed by atoms with Gasteiger partial charge in [0.05, 0.1) is 0 Å². The van der Waals surface area contributed by atoms with Gasteiger partial charge in [-0.05, 0) is 0 Å². The van der Waals surface area contributed by atoms with Crippen molar-refractivity contribution in [3.8, 4) is 0 Å². The smallest absolute Gasteiger partial charge is 1.00 e. The van der Waals surface area contributed by atoms with Crippen LogP contribution >= 0.6 is 0 Å². The summed E-state index contributed by atoms with van der Waals surface area (Å²) in [5.74, 6) is 0. The predicted molar refractivity (Wildman–Crippen MR) is 48.1 cm³/mol. The van der Waals surface area contributed by atoms with Crippen molar-refractivity contribution in [2.45, 2.75) is 52.6 Å². The van der Waals surface area contributed by atoms with Crippen LogP contribution in [0.1, 0.15) is 41.5 Å². The van der Waals surface area contributed by atoms with Crippen molar-refractivity contribution in [1.82, 2.24) is 0 Å². The molecule has 2 N–H and O–H groups in total. The SMILES string of the molecule is CC(C)(C)[NH-].CC(C)(C)[NH-].[Cl-].[Cl-].[Zr+4]. The molecule has 0 saturated heterocycles. The second-order valence-electron chi connectivity index (χ2n) is 4.50. The van der Waals surface area contributed by atoms with Gasteiger partial charge in [0, 0.05) is 0 Å². The van der Waals surface area contributed by atoms with Crippen LogP contribution in [0.3, 0.4) is 0 Å². The zero-order chi connectivity index (χ0) is 9.00. The Labute approximate surface area is 115 Å². The fourth-order valence-corrected chi connectivity index (χ4v) is 0. The predicted octanol–water partition coefficient (Wildman–Crippen LogP) is -2.32. The van der Waals surface area contributed by atoms with Gasteiger partial charge in [0.25, 0.3) is 0 Å². The van der Waals surface area contributed by atoms with Crippen LogP contribution in [0.15, 0.2) is 0 Å². The van der Waals surface area contributed by atoms with Crippen LogP contribution in [0.25, 0.3) is 11.5 Å². The summed E-state index contributed by atoms with van der Waals surface area (Å²) < 4.78 is 0. The normalized spacial score (nSPS) is 9.23. The van der Waals surface area contributed by atoms with Gasteiger partial charge < -0.3 is 36.3 Å². The number of nitrogens with one attached hydrogen (secondary N) is 2. The monoisotopic (exact) mass is 304 g/mol. The molecule has 0 radical (unpaired) electrons. The van der Waals surface area contributed by atoms with E-state index in [1.54, 1.807) is 0 Å². The van der Waals surface area contributed by atoms with E-state index in [1.165, 1.54) is 0 Å². The fraction of sp³-hybridized carbons (Fsp3) is 1.00. The van der Waals surface area contributed by atoms with Gasteiger partial charge in [0.1, 0.15) is 0 Å². The first-order valence-electron chi connectivity index (χ1n) is 3.50. The topological polar surface area (TPSA) is 47.6 Å². The molecule has 80 valence electrons. The Morgan fingerprint density at radius 2 is 0.615 bits per heavy atom. The Morgan fingerprint density at radius 3 is 0.615 bits per heavy atom. The van der Waals surface area contributed by atoms with Crippen molar-refractivity contribution < 1.29 is 51.0 Å². The Balaban J connectivity index is -0.0000000267. The number of hydrogen-bond acceptors (Lipinski definition) is 0. The molecule has 0 aromatic rings. The molecule has 0 aliphatic rings. The summed E-state index contributed by atoms with van der Waals surface area (Å²) in [5.41, 5.74) is 13.4. The van der Waals surface area contributed by atoms with E-state index in [1.807, 2.05) is 41.5 Å². The molecule has 0 amide bonds. The van der Waals surface area contributed by atoms with E-state index in [-0.39, 0.29) is 62.1 Å². The maximum absolute atomic E-state index is 6.94. The summed E-state index contributed by atoms with van der Waals surface area (Å²) >= 11 is 0. The number of halogens is 2. The van der Waals surface area contributed by atoms with Crippen molar-refractivity contribution in [2.75, 3.05) is 0 Å². The minimum absolute atomic E-state index is 0. The molecule has 0 fully saturated rings. The summed E-state index contributed by atoms with van der Waals surface area (Å²) in [6.45, 7) is 11.1. The van der Waals surface area contributed by atoms with Gasteiger partial charge in [0.15, 0.2) is 0 Å². The minimum Gasteiger partial charge on any atom is -1.00 e. The van der Waals surface area contributed by atoms with Gasteiger partial charge in [-0.15, -0.1) is 11.1 Å². The Kier molecular flexibility index (Phi) is 25.8. The molecule has 0 bridgehead atoms. The van der Waals surface area contributed by atoms with E-state index in [0.29, 0.717) is 0 Å². The summed E-state index contributed by atoms with van der Waals surface area (Å²) in [6, 6.07) is 0. The molecule has 0 spiro atoms. The quantitative estimate of drug-likeness (QED) is 0.482. The molecular formula is C8H20Cl2N2Zr. The third kappa shape index (κ3) is 906. The number of hydrogen-bond donors (Lipinski definition) is 0. The molecule has 0 heterocycles. The van der Waals surface area contributed by atoms with Crippen LogP contribution in [0, 0.1) is 0 Å². The van der Waals surface area contributed by atoms with Crippen molar-refractivity contribution in [1.29, 1.82) is 0 Å². The van der Waals surface area contributed by atoms with E-state index in [4.69, 9.17) is 11.5 Å². The summed E-state index contributed by atoms with van der Waals surface area (Å²) in [5, 5.41) is 0. The number of rotatable bonds is 0. The van der Waals surface area contributed by atoms with E-state index in [9.17, 15) is 0 Å². The zero-order valence-corrected chi connectivity index (χ0v) is 13.2. The van der Waals surface area contributed by atoms with Crippen LogP contribution in [0.2, 0.25) is 0 Å². The Bertz CT molecular complexity index is 63.1. The van der Waals surface area contributed by atoms with Crippen LogP contribution in [-0.4, -0.2) is 11.1 Å². The van der Waals surface area contributed by atoms with Crippen LogP contribution < -0.4 is 24.8 Å². The first-order chi connectivity index (χ1) is 4.00. The van der Waals surface area contributed by atoms with Gasteiger partial charge in [-0.2, -0.15) is 0 Å².